The first-order valence-corrected chi connectivity index (χ1v) is 9.06. The molecule has 6 nitrogen and oxygen atoms in total. The number of ether oxygens (including phenoxy) is 1. The molecule has 0 saturated heterocycles. The Balaban J connectivity index is 1.59. The minimum Gasteiger partial charge on any atom is -0.491 e. The highest BCUT2D eigenvalue weighted by molar-refractivity contribution is 6.03. The van der Waals surface area contributed by atoms with Gasteiger partial charge >= 0.3 is 0 Å². The van der Waals surface area contributed by atoms with Crippen molar-refractivity contribution in [3.63, 3.8) is 0 Å². The predicted octanol–water partition coefficient (Wildman–Crippen LogP) is 2.91. The second-order valence-electron chi connectivity index (χ2n) is 7.78. The zero-order valence-corrected chi connectivity index (χ0v) is 15.9. The molecule has 0 fully saturated rings. The molecular formula is C21H25NO5. The van der Waals surface area contributed by atoms with Crippen LogP contribution in [0, 0.1) is 12.3 Å². The summed E-state index contributed by atoms with van der Waals surface area (Å²) in [4.78, 5) is 24.9. The number of Topliss-reactive ketones (excluding diaryl/α,β-unsaturated/α-hetero) is 1. The molecule has 2 aromatic rings. The van der Waals surface area contributed by atoms with Crippen LogP contribution < -0.4 is 10.1 Å². The minimum atomic E-state index is -0.861. The number of fused-ring (bicyclic) bond motifs is 1. The number of carbonyl (C=O) groups excluding carboxylic acids is 2. The van der Waals surface area contributed by atoms with Crippen LogP contribution in [0.1, 0.15) is 52.5 Å². The summed E-state index contributed by atoms with van der Waals surface area (Å²) in [6.07, 6.45) is 0.201. The van der Waals surface area contributed by atoms with Crippen LogP contribution in [0.15, 0.2) is 34.7 Å². The molecule has 0 bridgehead atoms. The number of hydrogen-bond acceptors (Lipinski definition) is 5. The number of para-hydroxylation sites is 1. The zero-order valence-electron chi connectivity index (χ0n) is 15.9. The van der Waals surface area contributed by atoms with Gasteiger partial charge in [0.05, 0.1) is 5.56 Å². The van der Waals surface area contributed by atoms with Crippen LogP contribution in [0.25, 0.3) is 0 Å². The van der Waals surface area contributed by atoms with Gasteiger partial charge in [-0.1, -0.05) is 32.0 Å². The molecule has 1 unspecified atom stereocenters. The van der Waals surface area contributed by atoms with Gasteiger partial charge in [0.1, 0.15) is 24.2 Å². The lowest BCUT2D eigenvalue weighted by Gasteiger charge is -2.27. The minimum absolute atomic E-state index is 0.0119. The van der Waals surface area contributed by atoms with Gasteiger partial charge in [0.2, 0.25) is 0 Å². The first-order valence-electron chi connectivity index (χ1n) is 9.06. The molecule has 3 rings (SSSR count). The van der Waals surface area contributed by atoms with Crippen LogP contribution in [-0.2, 0) is 6.42 Å². The molecule has 1 atom stereocenters. The Bertz CT molecular complexity index is 838. The van der Waals surface area contributed by atoms with Crippen LogP contribution in [0.2, 0.25) is 0 Å². The Kier molecular flexibility index (Phi) is 5.37. The summed E-state index contributed by atoms with van der Waals surface area (Å²) >= 11 is 0. The number of aliphatic hydroxyl groups is 1. The molecule has 0 radical (unpaired) electrons. The van der Waals surface area contributed by atoms with E-state index in [4.69, 9.17) is 9.15 Å². The lowest BCUT2D eigenvalue weighted by Crippen LogP contribution is -2.35. The largest absolute Gasteiger partial charge is 0.491 e. The van der Waals surface area contributed by atoms with Crippen molar-refractivity contribution >= 4 is 11.7 Å². The monoisotopic (exact) mass is 371 g/mol. The number of benzene rings is 1. The Morgan fingerprint density at radius 3 is 2.70 bits per heavy atom. The van der Waals surface area contributed by atoms with Gasteiger partial charge in [-0.3, -0.25) is 9.59 Å². The number of aliphatic hydroxyl groups excluding tert-OH is 1. The van der Waals surface area contributed by atoms with E-state index in [1.807, 2.05) is 32.0 Å². The molecular weight excluding hydrogens is 346 g/mol. The van der Waals surface area contributed by atoms with E-state index in [9.17, 15) is 14.7 Å². The quantitative estimate of drug-likeness (QED) is 0.815. The van der Waals surface area contributed by atoms with Gasteiger partial charge in [0, 0.05) is 24.9 Å². The van der Waals surface area contributed by atoms with Crippen molar-refractivity contribution in [2.24, 2.45) is 5.41 Å². The second-order valence-corrected chi connectivity index (χ2v) is 7.78. The van der Waals surface area contributed by atoms with Crippen molar-refractivity contribution in [1.82, 2.24) is 5.32 Å². The molecule has 1 amide bonds. The lowest BCUT2D eigenvalue weighted by atomic mass is 9.76. The van der Waals surface area contributed by atoms with Gasteiger partial charge < -0.3 is 19.6 Å². The third kappa shape index (κ3) is 4.39. The van der Waals surface area contributed by atoms with Gasteiger partial charge in [0.15, 0.2) is 11.5 Å². The third-order valence-electron chi connectivity index (χ3n) is 4.67. The Morgan fingerprint density at radius 1 is 1.30 bits per heavy atom. The summed E-state index contributed by atoms with van der Waals surface area (Å²) in [6, 6.07) is 9.14. The summed E-state index contributed by atoms with van der Waals surface area (Å²) in [5, 5.41) is 12.7. The highest BCUT2D eigenvalue weighted by Gasteiger charge is 2.37. The van der Waals surface area contributed by atoms with Crippen molar-refractivity contribution in [1.29, 1.82) is 0 Å². The molecule has 6 heteroatoms. The molecule has 1 heterocycles. The Labute approximate surface area is 158 Å². The molecule has 0 aliphatic heterocycles. The SMILES string of the molecule is Cc1c(C(=O)NCC(O)COc2ccccc2)oc2c1C(=O)CC(C)(C)C2. The topological polar surface area (TPSA) is 88.8 Å². The van der Waals surface area contributed by atoms with Gasteiger partial charge in [-0.15, -0.1) is 0 Å². The van der Waals surface area contributed by atoms with Crippen molar-refractivity contribution in [2.45, 2.75) is 39.7 Å². The highest BCUT2D eigenvalue weighted by Crippen LogP contribution is 2.38. The van der Waals surface area contributed by atoms with Crippen LogP contribution in [0.3, 0.4) is 0 Å². The van der Waals surface area contributed by atoms with E-state index >= 15 is 0 Å². The van der Waals surface area contributed by atoms with E-state index < -0.39 is 12.0 Å². The summed E-state index contributed by atoms with van der Waals surface area (Å²) in [5.41, 5.74) is 0.929. The van der Waals surface area contributed by atoms with Gasteiger partial charge in [-0.2, -0.15) is 0 Å². The molecule has 1 aromatic heterocycles. The molecule has 144 valence electrons. The van der Waals surface area contributed by atoms with E-state index in [0.29, 0.717) is 35.5 Å². The summed E-state index contributed by atoms with van der Waals surface area (Å²) in [7, 11) is 0. The third-order valence-corrected chi connectivity index (χ3v) is 4.67. The maximum atomic E-state index is 12.5. The lowest BCUT2D eigenvalue weighted by molar-refractivity contribution is 0.0816. The number of ketones is 1. The predicted molar refractivity (Wildman–Crippen MR) is 100 cm³/mol. The van der Waals surface area contributed by atoms with Gasteiger partial charge in [-0.25, -0.2) is 0 Å². The van der Waals surface area contributed by atoms with Crippen LogP contribution in [0.5, 0.6) is 5.75 Å². The van der Waals surface area contributed by atoms with Gasteiger partial charge in [-0.05, 0) is 24.5 Å². The molecule has 1 aliphatic rings. The second kappa shape index (κ2) is 7.56. The van der Waals surface area contributed by atoms with Crippen LogP contribution >= 0.6 is 0 Å². The highest BCUT2D eigenvalue weighted by atomic mass is 16.5. The fourth-order valence-electron chi connectivity index (χ4n) is 3.36. The van der Waals surface area contributed by atoms with E-state index in [0.717, 1.165) is 0 Å². The van der Waals surface area contributed by atoms with Gasteiger partial charge in [0.25, 0.3) is 5.91 Å². The van der Waals surface area contributed by atoms with Crippen molar-refractivity contribution in [3.05, 3.63) is 53.0 Å². The van der Waals surface area contributed by atoms with Crippen LogP contribution in [0.4, 0.5) is 0 Å². The van der Waals surface area contributed by atoms with E-state index in [1.165, 1.54) is 0 Å². The number of nitrogens with one attached hydrogen (secondary N) is 1. The first-order chi connectivity index (χ1) is 12.8. The molecule has 0 spiro atoms. The first kappa shape index (κ1) is 19.2. The van der Waals surface area contributed by atoms with Crippen molar-refractivity contribution in [3.8, 4) is 5.75 Å². The summed E-state index contributed by atoms with van der Waals surface area (Å²) < 4.78 is 11.2. The number of furan rings is 1. The Hall–Kier alpha value is -2.60. The average molecular weight is 371 g/mol. The maximum absolute atomic E-state index is 12.5. The Morgan fingerprint density at radius 2 is 2.00 bits per heavy atom. The summed E-state index contributed by atoms with van der Waals surface area (Å²) in [5.74, 6) is 0.941. The maximum Gasteiger partial charge on any atom is 0.287 e. The zero-order chi connectivity index (χ0) is 19.6. The van der Waals surface area contributed by atoms with Crippen molar-refractivity contribution in [2.75, 3.05) is 13.2 Å². The van der Waals surface area contributed by atoms with Crippen LogP contribution in [-0.4, -0.2) is 36.1 Å². The van der Waals surface area contributed by atoms with E-state index in [1.54, 1.807) is 19.1 Å². The van der Waals surface area contributed by atoms with E-state index in [-0.39, 0.29) is 30.1 Å². The number of carbonyl (C=O) groups is 2. The van der Waals surface area contributed by atoms with E-state index in [2.05, 4.69) is 5.32 Å². The summed E-state index contributed by atoms with van der Waals surface area (Å²) in [6.45, 7) is 5.83. The molecule has 2 N–H and O–H groups in total. The molecule has 27 heavy (non-hydrogen) atoms. The normalized spacial score (nSPS) is 16.5. The fraction of sp³-hybridized carbons (Fsp3) is 0.429. The average Bonchev–Trinajstić information content (AvgIpc) is 2.94. The fourth-order valence-corrected chi connectivity index (χ4v) is 3.36. The number of hydrogen-bond donors (Lipinski definition) is 2. The smallest absolute Gasteiger partial charge is 0.287 e. The number of rotatable bonds is 6. The molecule has 1 aromatic carbocycles. The standard InChI is InChI=1S/C21H25NO5/c1-13-18-16(24)9-21(2,3)10-17(18)27-19(13)20(25)22-11-14(23)12-26-15-7-5-4-6-8-15/h4-8,14,23H,9-12H2,1-3H3,(H,22,25). The molecule has 1 aliphatic carbocycles. The molecule has 0 saturated carbocycles. The number of amides is 1. The van der Waals surface area contributed by atoms with Crippen molar-refractivity contribution < 1.29 is 23.8 Å².